The molecule has 0 saturated carbocycles. The third-order valence-corrected chi connectivity index (χ3v) is 8.21. The van der Waals surface area contributed by atoms with E-state index in [0.29, 0.717) is 0 Å². The van der Waals surface area contributed by atoms with Crippen molar-refractivity contribution in [1.29, 1.82) is 0 Å². The van der Waals surface area contributed by atoms with E-state index in [2.05, 4.69) is 108 Å². The second-order valence-corrected chi connectivity index (χ2v) is 10.5. The maximum absolute atomic E-state index is 6.16. The first-order valence-corrected chi connectivity index (χ1v) is 13.8. The van der Waals surface area contributed by atoms with Crippen LogP contribution in [0.15, 0.2) is 132 Å². The normalized spacial score (nSPS) is 12.7. The summed E-state index contributed by atoms with van der Waals surface area (Å²) in [6, 6.07) is 44.5. The zero-order valence-corrected chi connectivity index (χ0v) is 22.0. The number of benzene rings is 6. The Morgan fingerprint density at radius 2 is 1.12 bits per heavy atom. The summed E-state index contributed by atoms with van der Waals surface area (Å²) in [5, 5.41) is 4.71. The third-order valence-electron chi connectivity index (χ3n) is 8.21. The molecule has 4 nitrogen and oxygen atoms in total. The molecule has 1 aliphatic rings. The summed E-state index contributed by atoms with van der Waals surface area (Å²) >= 11 is 0. The van der Waals surface area contributed by atoms with E-state index in [9.17, 15) is 0 Å². The lowest BCUT2D eigenvalue weighted by Crippen LogP contribution is -2.03. The second kappa shape index (κ2) is 8.51. The molecule has 0 bridgehead atoms. The van der Waals surface area contributed by atoms with E-state index in [1.54, 1.807) is 0 Å². The number of para-hydroxylation sites is 3. The summed E-state index contributed by atoms with van der Waals surface area (Å²) in [6.45, 7) is 0.156. The van der Waals surface area contributed by atoms with E-state index >= 15 is 0 Å². The minimum atomic E-state index is 0.156. The number of hydrogen-bond acceptors (Lipinski definition) is 3. The number of nitrogens with zero attached hydrogens (tertiary/aromatic N) is 1. The van der Waals surface area contributed by atoms with Gasteiger partial charge in [-0.05, 0) is 71.8 Å². The number of aromatic nitrogens is 1. The van der Waals surface area contributed by atoms with Crippen LogP contribution >= 0.6 is 0 Å². The zero-order chi connectivity index (χ0) is 26.9. The van der Waals surface area contributed by atoms with Crippen molar-refractivity contribution in [2.24, 2.45) is 0 Å². The van der Waals surface area contributed by atoms with Crippen LogP contribution in [-0.4, -0.2) is 11.4 Å². The standard InChI is InChI=1S/C37H23NO3/c1-4-10-32-26(7-1)27-8-2-5-11-33(27)38(32)25-15-18-34-31(21-25)29-16-13-24(20-37(29)40-22-39-34)23-14-17-36-30(19-23)28-9-3-6-12-35(28)41-36/h1-21H,22H2. The smallest absolute Gasteiger partial charge is 0.230 e. The highest BCUT2D eigenvalue weighted by Crippen LogP contribution is 2.43. The fourth-order valence-corrected chi connectivity index (χ4v) is 6.30. The molecular formula is C37H23NO3. The third kappa shape index (κ3) is 3.34. The molecule has 0 radical (unpaired) electrons. The average Bonchev–Trinajstić information content (AvgIpc) is 3.50. The lowest BCUT2D eigenvalue weighted by molar-refractivity contribution is 0.125. The van der Waals surface area contributed by atoms with Crippen molar-refractivity contribution < 1.29 is 13.9 Å². The van der Waals surface area contributed by atoms with Crippen molar-refractivity contribution in [3.63, 3.8) is 0 Å². The average molecular weight is 530 g/mol. The van der Waals surface area contributed by atoms with Crippen molar-refractivity contribution in [2.45, 2.75) is 0 Å². The minimum absolute atomic E-state index is 0.156. The Hall–Kier alpha value is -5.48. The quantitative estimate of drug-likeness (QED) is 0.224. The summed E-state index contributed by atoms with van der Waals surface area (Å²) in [4.78, 5) is 0. The van der Waals surface area contributed by atoms with Gasteiger partial charge in [-0.1, -0.05) is 66.7 Å². The molecule has 0 amide bonds. The van der Waals surface area contributed by atoms with Crippen LogP contribution in [0.1, 0.15) is 0 Å². The highest BCUT2D eigenvalue weighted by atomic mass is 16.7. The van der Waals surface area contributed by atoms with Crippen LogP contribution in [0, 0.1) is 0 Å². The van der Waals surface area contributed by atoms with Crippen molar-refractivity contribution in [3.8, 4) is 39.4 Å². The van der Waals surface area contributed by atoms with Gasteiger partial charge in [-0.2, -0.15) is 0 Å². The van der Waals surface area contributed by atoms with Gasteiger partial charge in [0.1, 0.15) is 22.7 Å². The van der Waals surface area contributed by atoms with Crippen LogP contribution in [0.3, 0.4) is 0 Å². The van der Waals surface area contributed by atoms with Gasteiger partial charge in [0.2, 0.25) is 6.79 Å². The van der Waals surface area contributed by atoms with E-state index in [4.69, 9.17) is 13.9 Å². The Labute approximate surface area is 235 Å². The molecule has 0 aliphatic carbocycles. The number of rotatable bonds is 2. The molecule has 2 aromatic heterocycles. The SMILES string of the molecule is c1ccc2c(c1)oc1ccc(-c3ccc4c(c3)OCOc3ccc(-n5c6ccccc6c6ccccc65)cc3-4)cc12. The van der Waals surface area contributed by atoms with Gasteiger partial charge >= 0.3 is 0 Å². The molecule has 41 heavy (non-hydrogen) atoms. The largest absolute Gasteiger partial charge is 0.457 e. The van der Waals surface area contributed by atoms with Gasteiger partial charge in [0.15, 0.2) is 0 Å². The molecule has 3 heterocycles. The first-order valence-electron chi connectivity index (χ1n) is 13.8. The molecule has 0 fully saturated rings. The molecule has 4 heteroatoms. The second-order valence-electron chi connectivity index (χ2n) is 10.5. The Morgan fingerprint density at radius 3 is 1.95 bits per heavy atom. The molecule has 0 atom stereocenters. The van der Waals surface area contributed by atoms with E-state index in [-0.39, 0.29) is 6.79 Å². The van der Waals surface area contributed by atoms with Crippen LogP contribution in [-0.2, 0) is 0 Å². The number of furan rings is 1. The van der Waals surface area contributed by atoms with Crippen molar-refractivity contribution in [3.05, 3.63) is 127 Å². The summed E-state index contributed by atoms with van der Waals surface area (Å²) < 4.78 is 20.6. The predicted molar refractivity (Wildman–Crippen MR) is 165 cm³/mol. The first-order chi connectivity index (χ1) is 20.3. The van der Waals surface area contributed by atoms with Crippen LogP contribution in [0.25, 0.3) is 71.7 Å². The molecule has 0 spiro atoms. The number of fused-ring (bicyclic) bond motifs is 9. The fraction of sp³-hybridized carbons (Fsp3) is 0.0270. The molecule has 194 valence electrons. The van der Waals surface area contributed by atoms with Crippen LogP contribution in [0.5, 0.6) is 11.5 Å². The molecular weight excluding hydrogens is 506 g/mol. The van der Waals surface area contributed by atoms with E-state index in [0.717, 1.165) is 61.4 Å². The van der Waals surface area contributed by atoms with Gasteiger partial charge < -0.3 is 18.5 Å². The Balaban J connectivity index is 1.19. The molecule has 1 aliphatic heterocycles. The molecule has 0 saturated heterocycles. The van der Waals surface area contributed by atoms with Crippen LogP contribution in [0.4, 0.5) is 0 Å². The zero-order valence-electron chi connectivity index (χ0n) is 22.0. The molecule has 9 rings (SSSR count). The highest BCUT2D eigenvalue weighted by Gasteiger charge is 2.20. The summed E-state index contributed by atoms with van der Waals surface area (Å²) in [5.41, 5.74) is 9.45. The monoisotopic (exact) mass is 529 g/mol. The maximum Gasteiger partial charge on any atom is 0.230 e. The topological polar surface area (TPSA) is 36.5 Å². The highest BCUT2D eigenvalue weighted by molar-refractivity contribution is 6.09. The van der Waals surface area contributed by atoms with Crippen LogP contribution < -0.4 is 9.47 Å². The lowest BCUT2D eigenvalue weighted by Gasteiger charge is -2.13. The molecule has 0 N–H and O–H groups in total. The number of hydrogen-bond donors (Lipinski definition) is 0. The Bertz CT molecular complexity index is 2250. The minimum Gasteiger partial charge on any atom is -0.457 e. The maximum atomic E-state index is 6.16. The first kappa shape index (κ1) is 22.3. The molecule has 6 aromatic carbocycles. The summed E-state index contributed by atoms with van der Waals surface area (Å²) in [6.07, 6.45) is 0. The molecule has 8 aromatic rings. The van der Waals surface area contributed by atoms with E-state index < -0.39 is 0 Å². The van der Waals surface area contributed by atoms with Crippen molar-refractivity contribution in [2.75, 3.05) is 6.79 Å². The van der Waals surface area contributed by atoms with Gasteiger partial charge in [-0.15, -0.1) is 0 Å². The molecule has 0 unspecified atom stereocenters. The fourth-order valence-electron chi connectivity index (χ4n) is 6.30. The van der Waals surface area contributed by atoms with E-state index in [1.165, 1.54) is 21.8 Å². The Morgan fingerprint density at radius 1 is 0.463 bits per heavy atom. The van der Waals surface area contributed by atoms with Gasteiger partial charge in [0.05, 0.1) is 11.0 Å². The van der Waals surface area contributed by atoms with E-state index in [1.807, 2.05) is 24.3 Å². The number of ether oxygens (including phenoxy) is 2. The van der Waals surface area contributed by atoms with Gasteiger partial charge in [0.25, 0.3) is 0 Å². The van der Waals surface area contributed by atoms with Gasteiger partial charge in [-0.3, -0.25) is 0 Å². The van der Waals surface area contributed by atoms with Gasteiger partial charge in [0, 0.05) is 38.4 Å². The van der Waals surface area contributed by atoms with Crippen LogP contribution in [0.2, 0.25) is 0 Å². The van der Waals surface area contributed by atoms with Crippen molar-refractivity contribution in [1.82, 2.24) is 4.57 Å². The Kier molecular flexibility index (Phi) is 4.64. The summed E-state index contributed by atoms with van der Waals surface area (Å²) in [5.74, 6) is 1.62. The predicted octanol–water partition coefficient (Wildman–Crippen LogP) is 9.75. The van der Waals surface area contributed by atoms with Gasteiger partial charge in [-0.25, -0.2) is 0 Å². The van der Waals surface area contributed by atoms with Crippen molar-refractivity contribution >= 4 is 43.7 Å². The lowest BCUT2D eigenvalue weighted by atomic mass is 9.97. The summed E-state index contributed by atoms with van der Waals surface area (Å²) in [7, 11) is 0.